The monoisotopic (exact) mass is 288 g/mol. The molecule has 0 bridgehead atoms. The molecule has 0 saturated heterocycles. The molecule has 0 spiro atoms. The van der Waals surface area contributed by atoms with Crippen LogP contribution < -0.4 is 15.2 Å². The summed E-state index contributed by atoms with van der Waals surface area (Å²) in [5.41, 5.74) is 4.83. The summed E-state index contributed by atoms with van der Waals surface area (Å²) in [7, 11) is 4.28. The zero-order chi connectivity index (χ0) is 15.4. The SMILES string of the molecule is CC(C)c1[nH+]c(NCC[NH+](C)C)c(C#N)c2c1CCCC2. The quantitative estimate of drug-likeness (QED) is 0.847. The van der Waals surface area contributed by atoms with Crippen LogP contribution in [0.5, 0.6) is 0 Å². The Labute approximate surface area is 128 Å². The van der Waals surface area contributed by atoms with Crippen LogP contribution in [-0.2, 0) is 12.8 Å². The summed E-state index contributed by atoms with van der Waals surface area (Å²) in [4.78, 5) is 4.93. The molecule has 1 aromatic rings. The average molecular weight is 288 g/mol. The number of nitrogens with zero attached hydrogens (tertiary/aromatic N) is 1. The van der Waals surface area contributed by atoms with Gasteiger partial charge >= 0.3 is 0 Å². The molecule has 4 nitrogen and oxygen atoms in total. The Hall–Kier alpha value is -1.60. The highest BCUT2D eigenvalue weighted by Gasteiger charge is 2.26. The highest BCUT2D eigenvalue weighted by Crippen LogP contribution is 2.31. The average Bonchev–Trinajstić information content (AvgIpc) is 2.45. The predicted molar refractivity (Wildman–Crippen MR) is 84.6 cm³/mol. The van der Waals surface area contributed by atoms with Gasteiger partial charge in [0, 0.05) is 5.92 Å². The first-order valence-corrected chi connectivity index (χ1v) is 8.08. The molecule has 114 valence electrons. The van der Waals surface area contributed by atoms with E-state index in [0.29, 0.717) is 5.92 Å². The van der Waals surface area contributed by atoms with E-state index in [9.17, 15) is 5.26 Å². The third kappa shape index (κ3) is 3.54. The number of aromatic amines is 1. The summed E-state index contributed by atoms with van der Waals surface area (Å²) in [6.45, 7) is 6.36. The van der Waals surface area contributed by atoms with Crippen LogP contribution in [0.2, 0.25) is 0 Å². The first-order chi connectivity index (χ1) is 10.0. The van der Waals surface area contributed by atoms with E-state index in [-0.39, 0.29) is 0 Å². The molecule has 2 rings (SSSR count). The van der Waals surface area contributed by atoms with Crippen molar-refractivity contribution in [1.82, 2.24) is 0 Å². The maximum atomic E-state index is 9.60. The Balaban J connectivity index is 2.39. The topological polar surface area (TPSA) is 54.4 Å². The molecule has 21 heavy (non-hydrogen) atoms. The molecule has 0 aromatic carbocycles. The number of rotatable bonds is 5. The van der Waals surface area contributed by atoms with E-state index in [2.05, 4.69) is 44.3 Å². The molecular weight excluding hydrogens is 260 g/mol. The van der Waals surface area contributed by atoms with Crippen LogP contribution in [0.25, 0.3) is 0 Å². The summed E-state index contributed by atoms with van der Waals surface area (Å²) in [5.74, 6) is 1.38. The highest BCUT2D eigenvalue weighted by molar-refractivity contribution is 5.56. The number of quaternary nitrogens is 1. The van der Waals surface area contributed by atoms with Crippen molar-refractivity contribution in [2.24, 2.45) is 0 Å². The van der Waals surface area contributed by atoms with Gasteiger partial charge in [-0.25, -0.2) is 4.98 Å². The molecule has 0 unspecified atom stereocenters. The van der Waals surface area contributed by atoms with Crippen molar-refractivity contribution in [3.63, 3.8) is 0 Å². The molecular formula is C17H28N4+2. The summed E-state index contributed by atoms with van der Waals surface area (Å²) >= 11 is 0. The van der Waals surface area contributed by atoms with Crippen LogP contribution in [0.15, 0.2) is 0 Å². The summed E-state index contributed by atoms with van der Waals surface area (Å²) in [6, 6.07) is 2.43. The fraction of sp³-hybridized carbons (Fsp3) is 0.647. The van der Waals surface area contributed by atoms with E-state index in [0.717, 1.165) is 37.3 Å². The van der Waals surface area contributed by atoms with Crippen LogP contribution in [0.3, 0.4) is 0 Å². The maximum Gasteiger partial charge on any atom is 0.291 e. The number of anilines is 1. The predicted octanol–water partition coefficient (Wildman–Crippen LogP) is 0.931. The van der Waals surface area contributed by atoms with Crippen LogP contribution in [0.4, 0.5) is 5.82 Å². The van der Waals surface area contributed by atoms with E-state index >= 15 is 0 Å². The largest absolute Gasteiger partial charge is 0.337 e. The molecule has 0 fully saturated rings. The van der Waals surface area contributed by atoms with Gasteiger partial charge in [0.2, 0.25) is 0 Å². The lowest BCUT2D eigenvalue weighted by atomic mass is 9.85. The number of aromatic nitrogens is 1. The number of pyridine rings is 1. The van der Waals surface area contributed by atoms with Gasteiger partial charge in [0.05, 0.1) is 14.1 Å². The van der Waals surface area contributed by atoms with Gasteiger partial charge in [-0.05, 0) is 36.8 Å². The summed E-state index contributed by atoms with van der Waals surface area (Å²) in [6.07, 6.45) is 4.59. The number of hydrogen-bond acceptors (Lipinski definition) is 2. The third-order valence-corrected chi connectivity index (χ3v) is 4.22. The first-order valence-electron chi connectivity index (χ1n) is 8.08. The van der Waals surface area contributed by atoms with Gasteiger partial charge in [-0.3, -0.25) is 5.32 Å². The lowest BCUT2D eigenvalue weighted by Crippen LogP contribution is -3.06. The van der Waals surface area contributed by atoms with Crippen molar-refractivity contribution in [2.75, 3.05) is 32.5 Å². The van der Waals surface area contributed by atoms with E-state index in [1.165, 1.54) is 34.6 Å². The summed E-state index contributed by atoms with van der Waals surface area (Å²) in [5, 5.41) is 13.0. The molecule has 4 heteroatoms. The Kier molecular flexibility index (Phi) is 5.19. The summed E-state index contributed by atoms with van der Waals surface area (Å²) < 4.78 is 0. The Bertz CT molecular complexity index is 541. The highest BCUT2D eigenvalue weighted by atomic mass is 15.1. The lowest BCUT2D eigenvalue weighted by Gasteiger charge is -2.21. The minimum atomic E-state index is 0.463. The van der Waals surface area contributed by atoms with E-state index < -0.39 is 0 Å². The third-order valence-electron chi connectivity index (χ3n) is 4.22. The molecule has 0 aliphatic heterocycles. The lowest BCUT2D eigenvalue weighted by molar-refractivity contribution is -0.856. The normalized spacial score (nSPS) is 14.1. The van der Waals surface area contributed by atoms with Crippen molar-refractivity contribution in [3.8, 4) is 6.07 Å². The number of fused-ring (bicyclic) bond motifs is 1. The van der Waals surface area contributed by atoms with Crippen molar-refractivity contribution in [2.45, 2.75) is 45.4 Å². The minimum Gasteiger partial charge on any atom is -0.337 e. The first kappa shape index (κ1) is 15.8. The Morgan fingerprint density at radius 3 is 2.48 bits per heavy atom. The maximum absolute atomic E-state index is 9.60. The van der Waals surface area contributed by atoms with Crippen LogP contribution >= 0.6 is 0 Å². The zero-order valence-corrected chi connectivity index (χ0v) is 13.8. The fourth-order valence-electron chi connectivity index (χ4n) is 3.09. The number of H-pyrrole nitrogens is 1. The minimum absolute atomic E-state index is 0.463. The van der Waals surface area contributed by atoms with E-state index in [1.807, 2.05) is 0 Å². The van der Waals surface area contributed by atoms with Crippen LogP contribution in [-0.4, -0.2) is 27.2 Å². The smallest absolute Gasteiger partial charge is 0.291 e. The molecule has 1 aliphatic rings. The van der Waals surface area contributed by atoms with Gasteiger partial charge in [-0.2, -0.15) is 5.26 Å². The molecule has 1 aromatic heterocycles. The van der Waals surface area contributed by atoms with Gasteiger partial charge in [-0.1, -0.05) is 13.8 Å². The van der Waals surface area contributed by atoms with E-state index in [1.54, 1.807) is 0 Å². The Morgan fingerprint density at radius 1 is 1.24 bits per heavy atom. The molecule has 0 atom stereocenters. The second kappa shape index (κ2) is 6.91. The van der Waals surface area contributed by atoms with Crippen molar-refractivity contribution < 1.29 is 9.88 Å². The molecule has 0 radical (unpaired) electrons. The second-order valence-corrected chi connectivity index (χ2v) is 6.60. The molecule has 0 saturated carbocycles. The van der Waals surface area contributed by atoms with Gasteiger partial charge < -0.3 is 4.90 Å². The number of likely N-dealkylation sites (N-methyl/N-ethyl adjacent to an activating group) is 1. The van der Waals surface area contributed by atoms with Crippen molar-refractivity contribution in [3.05, 3.63) is 22.4 Å². The van der Waals surface area contributed by atoms with Gasteiger partial charge in [0.15, 0.2) is 0 Å². The van der Waals surface area contributed by atoms with Gasteiger partial charge in [0.1, 0.15) is 30.4 Å². The van der Waals surface area contributed by atoms with Gasteiger partial charge in [0.25, 0.3) is 5.82 Å². The number of nitriles is 1. The molecule has 0 amide bonds. The zero-order valence-electron chi connectivity index (χ0n) is 13.8. The molecule has 3 N–H and O–H groups in total. The Morgan fingerprint density at radius 2 is 1.90 bits per heavy atom. The standard InChI is InChI=1S/C17H26N4/c1-12(2)16-14-8-6-5-7-13(14)15(11-18)17(20-16)19-9-10-21(3)4/h12H,5-10H2,1-4H3,(H,19,20)/p+2. The molecule has 1 heterocycles. The fourth-order valence-corrected chi connectivity index (χ4v) is 3.09. The number of nitrogens with one attached hydrogen (secondary N) is 3. The number of hydrogen-bond donors (Lipinski definition) is 2. The molecule has 1 aliphatic carbocycles. The van der Waals surface area contributed by atoms with Gasteiger partial charge in [-0.15, -0.1) is 0 Å². The van der Waals surface area contributed by atoms with Crippen LogP contribution in [0, 0.1) is 11.3 Å². The second-order valence-electron chi connectivity index (χ2n) is 6.60. The van der Waals surface area contributed by atoms with Crippen molar-refractivity contribution >= 4 is 5.82 Å². The van der Waals surface area contributed by atoms with Crippen LogP contribution in [0.1, 0.15) is 55.0 Å². The van der Waals surface area contributed by atoms with Crippen molar-refractivity contribution in [1.29, 1.82) is 5.26 Å². The van der Waals surface area contributed by atoms with E-state index in [4.69, 9.17) is 0 Å².